The Morgan fingerprint density at radius 3 is 2.46 bits per heavy atom. The molecule has 1 heterocycles. The summed E-state index contributed by atoms with van der Waals surface area (Å²) < 4.78 is 0.956. The Kier molecular flexibility index (Phi) is 8.53. The van der Waals surface area contributed by atoms with Crippen molar-refractivity contribution in [1.29, 1.82) is 0 Å². The van der Waals surface area contributed by atoms with Crippen molar-refractivity contribution in [3.63, 3.8) is 0 Å². The van der Waals surface area contributed by atoms with Crippen LogP contribution in [0.2, 0.25) is 10.0 Å². The predicted octanol–water partition coefficient (Wildman–Crippen LogP) is 6.01. The second-order valence-corrected chi connectivity index (χ2v) is 7.92. The van der Waals surface area contributed by atoms with Gasteiger partial charge < -0.3 is 4.90 Å². The number of amides is 1. The molecule has 8 heteroatoms. The molecule has 1 amide bonds. The normalized spacial score (nSPS) is 10.9. The Balaban J connectivity index is 0.00000280. The van der Waals surface area contributed by atoms with Crippen molar-refractivity contribution in [3.8, 4) is 0 Å². The maximum absolute atomic E-state index is 13.3. The molecule has 0 fully saturated rings. The monoisotopic (exact) mass is 457 g/mol. The van der Waals surface area contributed by atoms with E-state index in [1.165, 1.54) is 11.3 Å². The summed E-state index contributed by atoms with van der Waals surface area (Å²) in [4.78, 5) is 21.9. The minimum Gasteiger partial charge on any atom is -0.302 e. The Bertz CT molecular complexity index is 943. The third-order valence-corrected chi connectivity index (χ3v) is 6.06. The molecule has 3 aromatic rings. The number of likely N-dealkylation sites (N-methyl/N-ethyl adjacent to an activating group) is 1. The summed E-state index contributed by atoms with van der Waals surface area (Å²) in [6.45, 7) is 7.39. The number of hydrogen-bond acceptors (Lipinski definition) is 4. The number of aromatic nitrogens is 1. The summed E-state index contributed by atoms with van der Waals surface area (Å²) in [5, 5.41) is 1.76. The lowest BCUT2D eigenvalue weighted by atomic mass is 10.2. The first-order chi connectivity index (χ1) is 13.0. The minimum absolute atomic E-state index is 0. The van der Waals surface area contributed by atoms with Crippen LogP contribution in [0.15, 0.2) is 42.5 Å². The third kappa shape index (κ3) is 5.16. The van der Waals surface area contributed by atoms with E-state index in [-0.39, 0.29) is 18.3 Å². The zero-order valence-corrected chi connectivity index (χ0v) is 18.8. The lowest BCUT2D eigenvalue weighted by Crippen LogP contribution is -2.39. The molecule has 0 aliphatic rings. The Hall–Kier alpha value is -1.37. The number of hydrogen-bond donors (Lipinski definition) is 0. The van der Waals surface area contributed by atoms with Gasteiger partial charge in [-0.2, -0.15) is 0 Å². The molecule has 0 aliphatic carbocycles. The molecule has 0 radical (unpaired) electrons. The molecule has 28 heavy (non-hydrogen) atoms. The van der Waals surface area contributed by atoms with Crippen molar-refractivity contribution in [3.05, 3.63) is 58.1 Å². The Morgan fingerprint density at radius 2 is 1.79 bits per heavy atom. The molecule has 0 aliphatic heterocycles. The van der Waals surface area contributed by atoms with Gasteiger partial charge in [0.05, 0.1) is 20.8 Å². The van der Waals surface area contributed by atoms with E-state index in [0.717, 1.165) is 29.9 Å². The highest BCUT2D eigenvalue weighted by Gasteiger charge is 2.23. The number of anilines is 1. The summed E-state index contributed by atoms with van der Waals surface area (Å²) in [6, 6.07) is 12.7. The molecule has 1 aromatic heterocycles. The van der Waals surface area contributed by atoms with Crippen LogP contribution in [-0.2, 0) is 0 Å². The number of nitrogens with zero attached hydrogens (tertiary/aromatic N) is 3. The van der Waals surface area contributed by atoms with E-state index in [2.05, 4.69) is 23.7 Å². The molecule has 2 aromatic carbocycles. The van der Waals surface area contributed by atoms with Crippen LogP contribution in [0.1, 0.15) is 24.2 Å². The molecular weight excluding hydrogens is 437 g/mol. The van der Waals surface area contributed by atoms with Crippen LogP contribution in [0.3, 0.4) is 0 Å². The molecule has 4 nitrogen and oxygen atoms in total. The molecule has 0 unspecified atom stereocenters. The van der Waals surface area contributed by atoms with Crippen LogP contribution in [0.4, 0.5) is 5.13 Å². The maximum Gasteiger partial charge on any atom is 0.261 e. The van der Waals surface area contributed by atoms with Gasteiger partial charge in [0, 0.05) is 18.1 Å². The van der Waals surface area contributed by atoms with Gasteiger partial charge >= 0.3 is 0 Å². The molecule has 0 spiro atoms. The van der Waals surface area contributed by atoms with E-state index < -0.39 is 0 Å². The van der Waals surface area contributed by atoms with Gasteiger partial charge in [-0.1, -0.05) is 60.5 Å². The van der Waals surface area contributed by atoms with E-state index in [1.807, 2.05) is 30.3 Å². The van der Waals surface area contributed by atoms with E-state index in [1.54, 1.807) is 17.0 Å². The van der Waals surface area contributed by atoms with Crippen molar-refractivity contribution in [2.75, 3.05) is 31.1 Å². The van der Waals surface area contributed by atoms with Crippen molar-refractivity contribution < 1.29 is 4.79 Å². The van der Waals surface area contributed by atoms with Gasteiger partial charge in [0.2, 0.25) is 0 Å². The van der Waals surface area contributed by atoms with Crippen LogP contribution in [0.5, 0.6) is 0 Å². The van der Waals surface area contributed by atoms with Gasteiger partial charge in [-0.15, -0.1) is 12.4 Å². The van der Waals surface area contributed by atoms with Crippen molar-refractivity contribution in [2.45, 2.75) is 13.8 Å². The van der Waals surface area contributed by atoms with Gasteiger partial charge in [0.25, 0.3) is 5.91 Å². The fourth-order valence-electron chi connectivity index (χ4n) is 2.85. The zero-order chi connectivity index (χ0) is 19.4. The van der Waals surface area contributed by atoms with Gasteiger partial charge in [-0.25, -0.2) is 4.98 Å². The molecule has 0 bridgehead atoms. The van der Waals surface area contributed by atoms with Crippen molar-refractivity contribution >= 4 is 68.2 Å². The number of rotatable bonds is 7. The molecule has 0 saturated heterocycles. The first kappa shape index (κ1) is 22.9. The average Bonchev–Trinajstić information content (AvgIpc) is 3.08. The highest BCUT2D eigenvalue weighted by atomic mass is 35.5. The average molecular weight is 459 g/mol. The maximum atomic E-state index is 13.3. The number of carbonyl (C=O) groups excluding carboxylic acids is 1. The second kappa shape index (κ2) is 10.4. The van der Waals surface area contributed by atoms with Gasteiger partial charge in [0.15, 0.2) is 5.13 Å². The molecule has 0 saturated carbocycles. The fourth-order valence-corrected chi connectivity index (χ4v) is 4.33. The molecule has 0 atom stereocenters. The molecule has 0 N–H and O–H groups in total. The molecule has 150 valence electrons. The summed E-state index contributed by atoms with van der Waals surface area (Å²) in [6.07, 6.45) is 0. The quantitative estimate of drug-likeness (QED) is 0.435. The number of fused-ring (bicyclic) bond motifs is 1. The second-order valence-electron chi connectivity index (χ2n) is 6.07. The van der Waals surface area contributed by atoms with Gasteiger partial charge in [-0.3, -0.25) is 9.69 Å². The molecule has 3 rings (SSSR count). The van der Waals surface area contributed by atoms with Crippen LogP contribution in [0.25, 0.3) is 10.2 Å². The van der Waals surface area contributed by atoms with E-state index in [9.17, 15) is 4.79 Å². The van der Waals surface area contributed by atoms with Crippen LogP contribution >= 0.6 is 46.9 Å². The Morgan fingerprint density at radius 1 is 1.07 bits per heavy atom. The zero-order valence-electron chi connectivity index (χ0n) is 15.7. The summed E-state index contributed by atoms with van der Waals surface area (Å²) >= 11 is 13.8. The number of halogens is 3. The third-order valence-electron chi connectivity index (χ3n) is 4.45. The Labute approximate surface area is 185 Å². The lowest BCUT2D eigenvalue weighted by Gasteiger charge is -2.25. The first-order valence-electron chi connectivity index (χ1n) is 8.88. The van der Waals surface area contributed by atoms with Crippen molar-refractivity contribution in [2.24, 2.45) is 0 Å². The number of carbonyl (C=O) groups is 1. The summed E-state index contributed by atoms with van der Waals surface area (Å²) in [5.74, 6) is -0.141. The highest BCUT2D eigenvalue weighted by Crippen LogP contribution is 2.32. The standard InChI is InChI=1S/C20H21Cl2N3OS.ClH/c1-3-24(4-2)11-12-25(19(26)15-7-5-6-8-16(15)22)20-23-17-10-9-14(21)13-18(17)27-20;/h5-10,13H,3-4,11-12H2,1-2H3;1H. The molecular formula is C20H22Cl3N3OS. The lowest BCUT2D eigenvalue weighted by molar-refractivity contribution is 0.0984. The summed E-state index contributed by atoms with van der Waals surface area (Å²) in [7, 11) is 0. The fraction of sp³-hybridized carbons (Fsp3) is 0.300. The predicted molar refractivity (Wildman–Crippen MR) is 123 cm³/mol. The van der Waals surface area contributed by atoms with Crippen LogP contribution in [0, 0.1) is 0 Å². The topological polar surface area (TPSA) is 36.4 Å². The van der Waals surface area contributed by atoms with E-state index in [4.69, 9.17) is 23.2 Å². The van der Waals surface area contributed by atoms with Gasteiger partial charge in [0.1, 0.15) is 0 Å². The smallest absolute Gasteiger partial charge is 0.261 e. The van der Waals surface area contributed by atoms with Crippen molar-refractivity contribution in [1.82, 2.24) is 9.88 Å². The van der Waals surface area contributed by atoms with E-state index >= 15 is 0 Å². The van der Waals surface area contributed by atoms with Crippen LogP contribution < -0.4 is 4.90 Å². The van der Waals surface area contributed by atoms with Gasteiger partial charge in [-0.05, 0) is 43.4 Å². The largest absolute Gasteiger partial charge is 0.302 e. The minimum atomic E-state index is -0.141. The summed E-state index contributed by atoms with van der Waals surface area (Å²) in [5.41, 5.74) is 1.31. The highest BCUT2D eigenvalue weighted by molar-refractivity contribution is 7.22. The van der Waals surface area contributed by atoms with E-state index in [0.29, 0.717) is 27.3 Å². The number of thiazole rings is 1. The SMILES string of the molecule is CCN(CC)CCN(C(=O)c1ccccc1Cl)c1nc2ccc(Cl)cc2s1.Cl. The number of benzene rings is 2. The van der Waals surface area contributed by atoms with Crippen LogP contribution in [-0.4, -0.2) is 42.0 Å². The first-order valence-corrected chi connectivity index (χ1v) is 10.5.